The molecule has 4 rings (SSSR count). The number of benzene rings is 1. The standard InChI is InChI=1S/C29H39N5O7/c1-28(2,3)12-31-11-14-10-17(33(4)5)15-8-13-9-16-22(34(6)7)24(36)20(27(30)39)26(38)29(16,40)25(37)18(13)23(35)19(15)21(14)32-41/h10,13,16,22,31,36-37,40H,8-9,11-12H2,1-7H3,(H2,30,39)/t13-,16-,22-,29-/m0/s1. The first kappa shape index (κ1) is 30.4. The monoisotopic (exact) mass is 569 g/mol. The molecule has 0 bridgehead atoms. The van der Waals surface area contributed by atoms with Gasteiger partial charge in [0.15, 0.2) is 11.4 Å². The second kappa shape index (κ2) is 10.3. The van der Waals surface area contributed by atoms with Crippen molar-refractivity contribution in [1.29, 1.82) is 0 Å². The fourth-order valence-electron chi connectivity index (χ4n) is 6.56. The Morgan fingerprint density at radius 1 is 1.20 bits per heavy atom. The largest absolute Gasteiger partial charge is 0.510 e. The number of rotatable bonds is 7. The number of hydrogen-bond donors (Lipinski definition) is 5. The Labute approximate surface area is 238 Å². The third-order valence-corrected chi connectivity index (χ3v) is 8.32. The zero-order chi connectivity index (χ0) is 30.8. The number of carbonyl (C=O) groups excluding carboxylic acids is 3. The van der Waals surface area contributed by atoms with Gasteiger partial charge >= 0.3 is 0 Å². The zero-order valence-corrected chi connectivity index (χ0v) is 24.5. The Morgan fingerprint density at radius 2 is 1.83 bits per heavy atom. The van der Waals surface area contributed by atoms with E-state index < -0.39 is 58.0 Å². The number of anilines is 1. The molecule has 222 valence electrons. The van der Waals surface area contributed by atoms with Crippen LogP contribution in [0, 0.1) is 22.2 Å². The summed E-state index contributed by atoms with van der Waals surface area (Å²) in [6.45, 7) is 7.07. The van der Waals surface area contributed by atoms with Crippen LogP contribution in [-0.4, -0.2) is 84.1 Å². The molecule has 0 saturated carbocycles. The number of nitroso groups, excluding NO2 is 1. The molecule has 0 saturated heterocycles. The molecule has 3 aliphatic carbocycles. The van der Waals surface area contributed by atoms with Gasteiger partial charge in [0.05, 0.1) is 11.6 Å². The molecular formula is C29H39N5O7. The van der Waals surface area contributed by atoms with Gasteiger partial charge in [-0.15, -0.1) is 4.91 Å². The number of likely N-dealkylation sites (N-methyl/N-ethyl adjacent to an activating group) is 1. The van der Waals surface area contributed by atoms with E-state index in [0.717, 1.165) is 0 Å². The van der Waals surface area contributed by atoms with Gasteiger partial charge in [0.25, 0.3) is 5.91 Å². The molecule has 0 fully saturated rings. The maximum Gasteiger partial charge on any atom is 0.255 e. The minimum absolute atomic E-state index is 0.0135. The molecule has 4 atom stereocenters. The lowest BCUT2D eigenvalue weighted by Gasteiger charge is -2.50. The lowest BCUT2D eigenvalue weighted by Crippen LogP contribution is -2.63. The van der Waals surface area contributed by atoms with Gasteiger partial charge in [-0.3, -0.25) is 19.3 Å². The summed E-state index contributed by atoms with van der Waals surface area (Å²) in [4.78, 5) is 55.4. The molecule has 12 nitrogen and oxygen atoms in total. The number of nitrogens with one attached hydrogen (secondary N) is 1. The van der Waals surface area contributed by atoms with Crippen molar-refractivity contribution in [1.82, 2.24) is 10.2 Å². The maximum atomic E-state index is 14.2. The lowest BCUT2D eigenvalue weighted by molar-refractivity contribution is -0.148. The van der Waals surface area contributed by atoms with Crippen molar-refractivity contribution >= 4 is 28.8 Å². The van der Waals surface area contributed by atoms with Crippen molar-refractivity contribution in [2.75, 3.05) is 39.6 Å². The van der Waals surface area contributed by atoms with Crippen molar-refractivity contribution in [2.45, 2.75) is 51.8 Å². The number of primary amides is 1. The topological polar surface area (TPSA) is 186 Å². The fourth-order valence-corrected chi connectivity index (χ4v) is 6.56. The molecule has 6 N–H and O–H groups in total. The molecule has 41 heavy (non-hydrogen) atoms. The van der Waals surface area contributed by atoms with Gasteiger partial charge in [-0.05, 0) is 60.6 Å². The number of aliphatic hydroxyl groups is 3. The van der Waals surface area contributed by atoms with Crippen molar-refractivity contribution in [3.63, 3.8) is 0 Å². The highest BCUT2D eigenvalue weighted by Crippen LogP contribution is 2.53. The second-order valence-electron chi connectivity index (χ2n) is 12.9. The van der Waals surface area contributed by atoms with Crippen LogP contribution in [0.15, 0.2) is 33.9 Å². The third kappa shape index (κ3) is 4.73. The summed E-state index contributed by atoms with van der Waals surface area (Å²) in [5.74, 6) is -6.47. The summed E-state index contributed by atoms with van der Waals surface area (Å²) < 4.78 is 0. The van der Waals surface area contributed by atoms with E-state index in [0.29, 0.717) is 23.4 Å². The van der Waals surface area contributed by atoms with Crippen molar-refractivity contribution in [3.8, 4) is 0 Å². The van der Waals surface area contributed by atoms with Gasteiger partial charge in [0.1, 0.15) is 22.8 Å². The molecule has 0 aromatic heterocycles. The van der Waals surface area contributed by atoms with E-state index in [4.69, 9.17) is 5.73 Å². The van der Waals surface area contributed by atoms with Gasteiger partial charge in [0.2, 0.25) is 5.78 Å². The third-order valence-electron chi connectivity index (χ3n) is 8.32. The normalized spacial score (nSPS) is 26.1. The summed E-state index contributed by atoms with van der Waals surface area (Å²) in [5.41, 5.74) is 3.36. The zero-order valence-electron chi connectivity index (χ0n) is 24.5. The molecule has 12 heteroatoms. The van der Waals surface area contributed by atoms with E-state index in [1.807, 2.05) is 25.1 Å². The number of aliphatic hydroxyl groups excluding tert-OH is 2. The first-order chi connectivity index (χ1) is 19.0. The highest BCUT2D eigenvalue weighted by atomic mass is 16.3. The van der Waals surface area contributed by atoms with Crippen molar-refractivity contribution in [2.24, 2.45) is 28.2 Å². The van der Waals surface area contributed by atoms with Crippen LogP contribution in [0.3, 0.4) is 0 Å². The second-order valence-corrected chi connectivity index (χ2v) is 12.9. The average molecular weight is 570 g/mol. The minimum atomic E-state index is -2.68. The molecule has 3 aliphatic rings. The summed E-state index contributed by atoms with van der Waals surface area (Å²) in [7, 11) is 6.82. The van der Waals surface area contributed by atoms with Crippen LogP contribution in [0.25, 0.3) is 0 Å². The van der Waals surface area contributed by atoms with Gasteiger partial charge in [-0.2, -0.15) is 0 Å². The highest BCUT2D eigenvalue weighted by Gasteiger charge is 2.63. The van der Waals surface area contributed by atoms with Gasteiger partial charge in [0, 0.05) is 44.4 Å². The Bertz CT molecular complexity index is 1400. The Morgan fingerprint density at radius 3 is 2.34 bits per heavy atom. The number of Topliss-reactive ketones (excluding diaryl/α,β-unsaturated/α-hetero) is 2. The summed E-state index contributed by atoms with van der Waals surface area (Å²) in [6.07, 6.45) is 0.234. The Hall–Kier alpha value is -3.61. The first-order valence-electron chi connectivity index (χ1n) is 13.5. The van der Waals surface area contributed by atoms with Gasteiger partial charge in [-0.25, -0.2) is 0 Å². The minimum Gasteiger partial charge on any atom is -0.510 e. The predicted octanol–water partition coefficient (Wildman–Crippen LogP) is 2.01. The van der Waals surface area contributed by atoms with Crippen molar-refractivity contribution in [3.05, 3.63) is 50.3 Å². The molecule has 0 aliphatic heterocycles. The SMILES string of the molecule is CN(C)c1cc(CNCC(C)(C)C)c(N=O)c2c1C[C@H]1C[C@H]3[C@H](N(C)C)C(O)=C(C(N)=O)C(=O)[C@@]3(O)C(O)=C1C2=O. The number of amides is 1. The van der Waals surface area contributed by atoms with Crippen LogP contribution in [0.4, 0.5) is 11.4 Å². The van der Waals surface area contributed by atoms with E-state index >= 15 is 0 Å². The number of hydrogen-bond acceptors (Lipinski definition) is 11. The number of fused-ring (bicyclic) bond motifs is 3. The van der Waals surface area contributed by atoms with E-state index in [1.54, 1.807) is 14.1 Å². The summed E-state index contributed by atoms with van der Waals surface area (Å²) in [5, 5.41) is 40.8. The predicted molar refractivity (Wildman–Crippen MR) is 153 cm³/mol. The van der Waals surface area contributed by atoms with Crippen molar-refractivity contribution < 1.29 is 29.7 Å². The molecule has 0 unspecified atom stereocenters. The van der Waals surface area contributed by atoms with E-state index in [-0.39, 0.29) is 41.6 Å². The number of allylic oxidation sites excluding steroid dienone is 1. The quantitative estimate of drug-likeness (QED) is 0.240. The Balaban J connectivity index is 1.93. The Kier molecular flexibility index (Phi) is 7.65. The average Bonchev–Trinajstić information content (AvgIpc) is 2.84. The smallest absolute Gasteiger partial charge is 0.255 e. The van der Waals surface area contributed by atoms with E-state index in [2.05, 4.69) is 31.3 Å². The number of nitrogens with two attached hydrogens (primary N) is 1. The molecule has 1 aromatic rings. The number of carbonyl (C=O) groups is 3. The first-order valence-corrected chi connectivity index (χ1v) is 13.5. The van der Waals surface area contributed by atoms with E-state index in [9.17, 15) is 34.6 Å². The molecule has 0 radical (unpaired) electrons. The van der Waals surface area contributed by atoms with Crippen LogP contribution < -0.4 is 16.0 Å². The number of nitrogens with zero attached hydrogens (tertiary/aromatic N) is 3. The van der Waals surface area contributed by atoms with Gasteiger partial charge in [-0.1, -0.05) is 20.8 Å². The molecule has 1 aromatic carbocycles. The molecular weight excluding hydrogens is 530 g/mol. The van der Waals surface area contributed by atoms with Crippen LogP contribution >= 0.6 is 0 Å². The van der Waals surface area contributed by atoms with Crippen LogP contribution in [0.2, 0.25) is 0 Å². The summed E-state index contributed by atoms with van der Waals surface area (Å²) in [6, 6.07) is 0.782. The van der Waals surface area contributed by atoms with Crippen LogP contribution in [0.5, 0.6) is 0 Å². The molecule has 0 heterocycles. The van der Waals surface area contributed by atoms with Gasteiger partial charge < -0.3 is 31.3 Å². The maximum absolute atomic E-state index is 14.2. The van der Waals surface area contributed by atoms with Crippen LogP contribution in [-0.2, 0) is 22.6 Å². The molecule has 0 spiro atoms. The number of ketones is 2. The molecule has 1 amide bonds. The van der Waals surface area contributed by atoms with Crippen LogP contribution in [0.1, 0.15) is 48.7 Å². The lowest BCUT2D eigenvalue weighted by atomic mass is 9.58. The highest BCUT2D eigenvalue weighted by molar-refractivity contribution is 6.25. The fraction of sp³-hybridized carbons (Fsp3) is 0.552. The van der Waals surface area contributed by atoms with E-state index in [1.165, 1.54) is 4.90 Å². The summed E-state index contributed by atoms with van der Waals surface area (Å²) >= 11 is 0.